The van der Waals surface area contributed by atoms with Crippen LogP contribution in [-0.2, 0) is 4.79 Å². The second kappa shape index (κ2) is 3.77. The Kier molecular flexibility index (Phi) is 2.63. The first-order valence-corrected chi connectivity index (χ1v) is 5.59. The lowest BCUT2D eigenvalue weighted by molar-refractivity contribution is -0.129. The molecule has 2 atom stereocenters. The van der Waals surface area contributed by atoms with Crippen LogP contribution in [0.25, 0.3) is 0 Å². The highest BCUT2D eigenvalue weighted by Gasteiger charge is 2.33. The van der Waals surface area contributed by atoms with Gasteiger partial charge in [-0.2, -0.15) is 0 Å². The van der Waals surface area contributed by atoms with Gasteiger partial charge >= 0.3 is 0 Å². The van der Waals surface area contributed by atoms with E-state index in [1.165, 1.54) is 0 Å². The monoisotopic (exact) mass is 257 g/mol. The van der Waals surface area contributed by atoms with E-state index in [1.807, 2.05) is 24.0 Å². The van der Waals surface area contributed by atoms with Gasteiger partial charge in [0.05, 0.1) is 17.1 Å². The number of amides is 1. The molecular weight excluding hydrogens is 246 g/mol. The lowest BCUT2D eigenvalue weighted by Gasteiger charge is -2.22. The van der Waals surface area contributed by atoms with Crippen LogP contribution < -0.4 is 0 Å². The highest BCUT2D eigenvalue weighted by Crippen LogP contribution is 2.28. The van der Waals surface area contributed by atoms with Gasteiger partial charge in [-0.3, -0.25) is 4.79 Å². The Morgan fingerprint density at radius 3 is 3.00 bits per heavy atom. The topological polar surface area (TPSA) is 33.5 Å². The van der Waals surface area contributed by atoms with Crippen molar-refractivity contribution in [1.82, 2.24) is 4.90 Å². The predicted octanol–water partition coefficient (Wildman–Crippen LogP) is 2.34. The molecule has 0 N–H and O–H groups in total. The highest BCUT2D eigenvalue weighted by atomic mass is 79.9. The fourth-order valence-electron chi connectivity index (χ4n) is 1.73. The molecular formula is C10H12BrNO2. The molecule has 2 rings (SSSR count). The molecule has 1 aromatic heterocycles. The van der Waals surface area contributed by atoms with Crippen molar-refractivity contribution in [2.75, 3.05) is 6.54 Å². The fourth-order valence-corrected chi connectivity index (χ4v) is 2.20. The van der Waals surface area contributed by atoms with Gasteiger partial charge in [-0.1, -0.05) is 15.9 Å². The Balaban J connectivity index is 2.13. The Labute approximate surface area is 91.2 Å². The molecule has 3 nitrogen and oxygen atoms in total. The van der Waals surface area contributed by atoms with E-state index in [9.17, 15) is 4.79 Å². The molecule has 76 valence electrons. The largest absolute Gasteiger partial charge is 0.467 e. The Morgan fingerprint density at radius 2 is 2.50 bits per heavy atom. The van der Waals surface area contributed by atoms with E-state index >= 15 is 0 Å². The molecule has 4 heteroatoms. The number of hydrogen-bond acceptors (Lipinski definition) is 2. The fraction of sp³-hybridized carbons (Fsp3) is 0.500. The summed E-state index contributed by atoms with van der Waals surface area (Å²) in [5.41, 5.74) is 0. The zero-order valence-corrected chi connectivity index (χ0v) is 9.53. The number of hydrogen-bond donors (Lipinski definition) is 0. The maximum absolute atomic E-state index is 11.7. The first-order chi connectivity index (χ1) is 6.70. The van der Waals surface area contributed by atoms with Gasteiger partial charge in [0.15, 0.2) is 0 Å². The van der Waals surface area contributed by atoms with E-state index in [0.29, 0.717) is 0 Å². The standard InChI is InChI=1S/C10H12BrNO2/c1-7(9-3-2-6-14-9)12-5-4-8(11)10(12)13/h2-3,6-8H,4-5H2,1H3. The first kappa shape index (κ1) is 9.77. The minimum atomic E-state index is -0.0140. The second-order valence-electron chi connectivity index (χ2n) is 3.48. The molecule has 1 aliphatic rings. The lowest BCUT2D eigenvalue weighted by atomic mass is 10.2. The highest BCUT2D eigenvalue weighted by molar-refractivity contribution is 9.10. The molecule has 0 aliphatic carbocycles. The quantitative estimate of drug-likeness (QED) is 0.763. The Bertz CT molecular complexity index is 323. The Hall–Kier alpha value is -0.770. The second-order valence-corrected chi connectivity index (χ2v) is 4.58. The van der Waals surface area contributed by atoms with Gasteiger partial charge < -0.3 is 9.32 Å². The van der Waals surface area contributed by atoms with Crippen molar-refractivity contribution in [3.8, 4) is 0 Å². The number of carbonyl (C=O) groups is 1. The molecule has 0 bridgehead atoms. The van der Waals surface area contributed by atoms with Crippen LogP contribution in [0.4, 0.5) is 0 Å². The third-order valence-corrected chi connectivity index (χ3v) is 3.45. The van der Waals surface area contributed by atoms with E-state index in [-0.39, 0.29) is 16.8 Å². The van der Waals surface area contributed by atoms with Crippen LogP contribution in [-0.4, -0.2) is 22.2 Å². The van der Waals surface area contributed by atoms with Crippen LogP contribution in [0.1, 0.15) is 25.1 Å². The van der Waals surface area contributed by atoms with E-state index < -0.39 is 0 Å². The van der Waals surface area contributed by atoms with Gasteiger partial charge in [0.25, 0.3) is 0 Å². The van der Waals surface area contributed by atoms with Gasteiger partial charge in [-0.25, -0.2) is 0 Å². The minimum absolute atomic E-state index is 0.0140. The van der Waals surface area contributed by atoms with Crippen LogP contribution in [0.5, 0.6) is 0 Å². The van der Waals surface area contributed by atoms with Crippen molar-refractivity contribution in [2.45, 2.75) is 24.2 Å². The summed E-state index contributed by atoms with van der Waals surface area (Å²) in [6.07, 6.45) is 2.52. The summed E-state index contributed by atoms with van der Waals surface area (Å²) in [4.78, 5) is 13.5. The van der Waals surface area contributed by atoms with Crippen molar-refractivity contribution < 1.29 is 9.21 Å². The predicted molar refractivity (Wildman–Crippen MR) is 56.2 cm³/mol. The molecule has 1 saturated heterocycles. The van der Waals surface area contributed by atoms with Gasteiger partial charge in [0.2, 0.25) is 5.91 Å². The lowest BCUT2D eigenvalue weighted by Crippen LogP contribution is -2.30. The zero-order chi connectivity index (χ0) is 10.1. The molecule has 0 spiro atoms. The summed E-state index contributed by atoms with van der Waals surface area (Å²) < 4.78 is 5.28. The molecule has 0 aromatic carbocycles. The summed E-state index contributed by atoms with van der Waals surface area (Å²) in [5, 5.41) is 0. The zero-order valence-electron chi connectivity index (χ0n) is 7.94. The summed E-state index contributed by atoms with van der Waals surface area (Å²) in [5.74, 6) is 1.01. The SMILES string of the molecule is CC(c1ccco1)N1CCC(Br)C1=O. The maximum atomic E-state index is 11.7. The number of halogens is 1. The molecule has 1 fully saturated rings. The molecule has 14 heavy (non-hydrogen) atoms. The van der Waals surface area contributed by atoms with Crippen molar-refractivity contribution in [1.29, 1.82) is 0 Å². The van der Waals surface area contributed by atoms with Gasteiger partial charge in [-0.05, 0) is 25.5 Å². The molecule has 1 aliphatic heterocycles. The van der Waals surface area contributed by atoms with Crippen LogP contribution in [0.2, 0.25) is 0 Å². The van der Waals surface area contributed by atoms with E-state index in [2.05, 4.69) is 15.9 Å². The number of nitrogens with zero attached hydrogens (tertiary/aromatic N) is 1. The number of carbonyl (C=O) groups excluding carboxylic acids is 1. The van der Waals surface area contributed by atoms with Gasteiger partial charge in [0.1, 0.15) is 5.76 Å². The van der Waals surface area contributed by atoms with Crippen LogP contribution in [0.15, 0.2) is 22.8 Å². The number of alkyl halides is 1. The van der Waals surface area contributed by atoms with Crippen LogP contribution in [0, 0.1) is 0 Å². The summed E-state index contributed by atoms with van der Waals surface area (Å²) >= 11 is 3.35. The van der Waals surface area contributed by atoms with Gasteiger partial charge in [-0.15, -0.1) is 0 Å². The molecule has 1 aromatic rings. The average Bonchev–Trinajstić information content (AvgIpc) is 2.77. The number of rotatable bonds is 2. The van der Waals surface area contributed by atoms with Crippen molar-refractivity contribution >= 4 is 21.8 Å². The average molecular weight is 258 g/mol. The normalized spacial score (nSPS) is 24.3. The van der Waals surface area contributed by atoms with E-state index in [4.69, 9.17) is 4.42 Å². The smallest absolute Gasteiger partial charge is 0.237 e. The van der Waals surface area contributed by atoms with Crippen molar-refractivity contribution in [3.05, 3.63) is 24.2 Å². The number of likely N-dealkylation sites (tertiary alicyclic amines) is 1. The van der Waals surface area contributed by atoms with E-state index in [1.54, 1.807) is 6.26 Å². The van der Waals surface area contributed by atoms with Crippen molar-refractivity contribution in [3.63, 3.8) is 0 Å². The van der Waals surface area contributed by atoms with Crippen molar-refractivity contribution in [2.24, 2.45) is 0 Å². The van der Waals surface area contributed by atoms with E-state index in [0.717, 1.165) is 18.7 Å². The summed E-state index contributed by atoms with van der Waals surface area (Å²) in [6, 6.07) is 3.79. The number of furan rings is 1. The molecule has 1 amide bonds. The minimum Gasteiger partial charge on any atom is -0.467 e. The van der Waals surface area contributed by atoms with Gasteiger partial charge in [0, 0.05) is 6.54 Å². The molecule has 2 unspecified atom stereocenters. The molecule has 2 heterocycles. The van der Waals surface area contributed by atoms with Crippen LogP contribution >= 0.6 is 15.9 Å². The maximum Gasteiger partial charge on any atom is 0.237 e. The first-order valence-electron chi connectivity index (χ1n) is 4.68. The Morgan fingerprint density at radius 1 is 1.71 bits per heavy atom. The third kappa shape index (κ3) is 1.59. The third-order valence-electron chi connectivity index (χ3n) is 2.60. The summed E-state index contributed by atoms with van der Waals surface area (Å²) in [7, 11) is 0. The molecule has 0 radical (unpaired) electrons. The molecule has 0 saturated carbocycles. The van der Waals surface area contributed by atoms with Crippen LogP contribution in [0.3, 0.4) is 0 Å². The summed E-state index contributed by atoms with van der Waals surface area (Å²) in [6.45, 7) is 2.79.